The highest BCUT2D eigenvalue weighted by molar-refractivity contribution is 5.76. The Morgan fingerprint density at radius 3 is 2.94 bits per heavy atom. The summed E-state index contributed by atoms with van der Waals surface area (Å²) in [6, 6.07) is 7.59. The van der Waals surface area contributed by atoms with E-state index in [1.807, 2.05) is 31.2 Å². The van der Waals surface area contributed by atoms with E-state index in [1.54, 1.807) is 0 Å². The largest absolute Gasteiger partial charge is 0.399 e. The van der Waals surface area contributed by atoms with Crippen molar-refractivity contribution in [3.8, 4) is 0 Å². The van der Waals surface area contributed by atoms with Crippen LogP contribution in [0.5, 0.6) is 0 Å². The van der Waals surface area contributed by atoms with Crippen LogP contribution in [0.25, 0.3) is 0 Å². The number of carbonyl (C=O) groups excluding carboxylic acids is 1. The minimum atomic E-state index is 0.0437. The Kier molecular flexibility index (Phi) is 6.22. The summed E-state index contributed by atoms with van der Waals surface area (Å²) in [4.78, 5) is 11.6. The van der Waals surface area contributed by atoms with E-state index in [4.69, 9.17) is 10.8 Å². The molecule has 4 nitrogen and oxygen atoms in total. The fourth-order valence-electron chi connectivity index (χ4n) is 1.71. The van der Waals surface area contributed by atoms with Gasteiger partial charge in [0.1, 0.15) is 0 Å². The Morgan fingerprint density at radius 2 is 2.28 bits per heavy atom. The van der Waals surface area contributed by atoms with Crippen molar-refractivity contribution in [3.63, 3.8) is 0 Å². The molecule has 1 rings (SSSR count). The number of nitrogen functional groups attached to an aromatic ring is 1. The molecule has 0 aliphatic heterocycles. The van der Waals surface area contributed by atoms with E-state index in [2.05, 4.69) is 5.32 Å². The highest BCUT2D eigenvalue weighted by atomic mass is 16.3. The predicted molar refractivity (Wildman–Crippen MR) is 73.1 cm³/mol. The molecule has 0 aromatic heterocycles. The van der Waals surface area contributed by atoms with Gasteiger partial charge in [-0.15, -0.1) is 0 Å². The van der Waals surface area contributed by atoms with Crippen LogP contribution >= 0.6 is 0 Å². The monoisotopic (exact) mass is 250 g/mol. The van der Waals surface area contributed by atoms with Crippen molar-refractivity contribution < 1.29 is 9.90 Å². The second-order valence-corrected chi connectivity index (χ2v) is 4.67. The minimum absolute atomic E-state index is 0.0437. The van der Waals surface area contributed by atoms with Crippen LogP contribution in [0.1, 0.15) is 25.3 Å². The number of rotatable bonds is 7. The van der Waals surface area contributed by atoms with Crippen molar-refractivity contribution >= 4 is 11.6 Å². The lowest BCUT2D eigenvalue weighted by Crippen LogP contribution is -2.28. The van der Waals surface area contributed by atoms with Gasteiger partial charge in [0.05, 0.1) is 0 Å². The molecular weight excluding hydrogens is 228 g/mol. The van der Waals surface area contributed by atoms with E-state index in [9.17, 15) is 4.79 Å². The number of nitrogens with one attached hydrogen (secondary N) is 1. The number of aryl methyl sites for hydroxylation is 1. The van der Waals surface area contributed by atoms with Gasteiger partial charge in [-0.3, -0.25) is 4.79 Å². The third kappa shape index (κ3) is 5.68. The second kappa shape index (κ2) is 7.71. The Labute approximate surface area is 108 Å². The lowest BCUT2D eigenvalue weighted by atomic mass is 10.1. The number of aliphatic hydroxyl groups is 1. The first-order valence-corrected chi connectivity index (χ1v) is 6.33. The molecule has 100 valence electrons. The molecule has 4 N–H and O–H groups in total. The zero-order valence-electron chi connectivity index (χ0n) is 10.9. The number of carbonyl (C=O) groups is 1. The number of aliphatic hydroxyl groups excluding tert-OH is 1. The van der Waals surface area contributed by atoms with Crippen LogP contribution < -0.4 is 11.1 Å². The van der Waals surface area contributed by atoms with Crippen molar-refractivity contribution in [2.45, 2.75) is 26.2 Å². The van der Waals surface area contributed by atoms with E-state index in [0.717, 1.165) is 17.7 Å². The summed E-state index contributed by atoms with van der Waals surface area (Å²) in [6.07, 6.45) is 1.88. The SMILES string of the molecule is CC(CCO)CNC(=O)CCc1cccc(N)c1. The molecule has 1 aromatic carbocycles. The van der Waals surface area contributed by atoms with Gasteiger partial charge < -0.3 is 16.2 Å². The summed E-state index contributed by atoms with van der Waals surface area (Å²) in [6.45, 7) is 2.80. The molecule has 0 saturated carbocycles. The fourth-order valence-corrected chi connectivity index (χ4v) is 1.71. The molecule has 0 aliphatic rings. The van der Waals surface area contributed by atoms with Crippen LogP contribution in [-0.2, 0) is 11.2 Å². The number of nitrogens with two attached hydrogens (primary N) is 1. The maximum absolute atomic E-state index is 11.6. The Morgan fingerprint density at radius 1 is 1.50 bits per heavy atom. The number of benzene rings is 1. The van der Waals surface area contributed by atoms with Crippen molar-refractivity contribution in [3.05, 3.63) is 29.8 Å². The third-order valence-electron chi connectivity index (χ3n) is 2.86. The van der Waals surface area contributed by atoms with Gasteiger partial charge in [0.2, 0.25) is 5.91 Å². The summed E-state index contributed by atoms with van der Waals surface area (Å²) in [5.41, 5.74) is 7.48. The van der Waals surface area contributed by atoms with Gasteiger partial charge in [-0.2, -0.15) is 0 Å². The molecular formula is C14H22N2O2. The number of hydrogen-bond acceptors (Lipinski definition) is 3. The molecule has 4 heteroatoms. The van der Waals surface area contributed by atoms with E-state index in [0.29, 0.717) is 25.3 Å². The van der Waals surface area contributed by atoms with Crippen LogP contribution in [0.3, 0.4) is 0 Å². The molecule has 1 amide bonds. The molecule has 1 aromatic rings. The maximum atomic E-state index is 11.6. The topological polar surface area (TPSA) is 75.3 Å². The first-order chi connectivity index (χ1) is 8.61. The number of hydrogen-bond donors (Lipinski definition) is 3. The molecule has 0 bridgehead atoms. The van der Waals surface area contributed by atoms with Crippen molar-refractivity contribution in [2.75, 3.05) is 18.9 Å². The van der Waals surface area contributed by atoms with E-state index >= 15 is 0 Å². The molecule has 0 saturated heterocycles. The van der Waals surface area contributed by atoms with E-state index in [1.165, 1.54) is 0 Å². The standard InChI is InChI=1S/C14H22N2O2/c1-11(7-8-17)10-16-14(18)6-5-12-3-2-4-13(15)9-12/h2-4,9,11,17H,5-8,10,15H2,1H3,(H,16,18). The summed E-state index contributed by atoms with van der Waals surface area (Å²) in [5.74, 6) is 0.355. The quantitative estimate of drug-likeness (QED) is 0.639. The average Bonchev–Trinajstić information content (AvgIpc) is 2.34. The minimum Gasteiger partial charge on any atom is -0.399 e. The molecule has 0 radical (unpaired) electrons. The van der Waals surface area contributed by atoms with Crippen molar-refractivity contribution in [1.29, 1.82) is 0 Å². The first-order valence-electron chi connectivity index (χ1n) is 6.33. The maximum Gasteiger partial charge on any atom is 0.220 e. The van der Waals surface area contributed by atoms with Crippen LogP contribution in [0.15, 0.2) is 24.3 Å². The van der Waals surface area contributed by atoms with Gasteiger partial charge in [0, 0.05) is 25.3 Å². The zero-order chi connectivity index (χ0) is 13.4. The van der Waals surface area contributed by atoms with Gasteiger partial charge in [-0.05, 0) is 36.5 Å². The van der Waals surface area contributed by atoms with Gasteiger partial charge >= 0.3 is 0 Å². The Balaban J connectivity index is 2.25. The smallest absolute Gasteiger partial charge is 0.220 e. The predicted octanol–water partition coefficient (Wildman–Crippen LogP) is 1.34. The lowest BCUT2D eigenvalue weighted by Gasteiger charge is -2.11. The molecule has 18 heavy (non-hydrogen) atoms. The van der Waals surface area contributed by atoms with E-state index in [-0.39, 0.29) is 12.5 Å². The highest BCUT2D eigenvalue weighted by Crippen LogP contribution is 2.08. The normalized spacial score (nSPS) is 12.1. The van der Waals surface area contributed by atoms with Crippen LogP contribution in [0.4, 0.5) is 5.69 Å². The van der Waals surface area contributed by atoms with Gasteiger partial charge in [0.25, 0.3) is 0 Å². The average molecular weight is 250 g/mol. The first kappa shape index (κ1) is 14.5. The molecule has 0 heterocycles. The van der Waals surface area contributed by atoms with Crippen molar-refractivity contribution in [1.82, 2.24) is 5.32 Å². The van der Waals surface area contributed by atoms with Crippen LogP contribution in [-0.4, -0.2) is 24.2 Å². The summed E-state index contributed by atoms with van der Waals surface area (Å²) in [5, 5.41) is 11.6. The Hall–Kier alpha value is -1.55. The van der Waals surface area contributed by atoms with Gasteiger partial charge in [-0.25, -0.2) is 0 Å². The van der Waals surface area contributed by atoms with Gasteiger partial charge in [0.15, 0.2) is 0 Å². The third-order valence-corrected chi connectivity index (χ3v) is 2.86. The van der Waals surface area contributed by atoms with Gasteiger partial charge in [-0.1, -0.05) is 19.1 Å². The molecule has 1 atom stereocenters. The molecule has 1 unspecified atom stereocenters. The molecule has 0 spiro atoms. The highest BCUT2D eigenvalue weighted by Gasteiger charge is 2.05. The molecule has 0 fully saturated rings. The Bertz CT molecular complexity index is 380. The fraction of sp³-hybridized carbons (Fsp3) is 0.500. The number of anilines is 1. The zero-order valence-corrected chi connectivity index (χ0v) is 10.9. The van der Waals surface area contributed by atoms with Crippen LogP contribution in [0.2, 0.25) is 0 Å². The molecule has 0 aliphatic carbocycles. The summed E-state index contributed by atoms with van der Waals surface area (Å²) in [7, 11) is 0. The summed E-state index contributed by atoms with van der Waals surface area (Å²) >= 11 is 0. The van der Waals surface area contributed by atoms with Crippen LogP contribution in [0, 0.1) is 5.92 Å². The van der Waals surface area contributed by atoms with E-state index < -0.39 is 0 Å². The second-order valence-electron chi connectivity index (χ2n) is 4.67. The number of amides is 1. The summed E-state index contributed by atoms with van der Waals surface area (Å²) < 4.78 is 0. The lowest BCUT2D eigenvalue weighted by molar-refractivity contribution is -0.121. The van der Waals surface area contributed by atoms with Crippen molar-refractivity contribution in [2.24, 2.45) is 5.92 Å².